The zero-order valence-electron chi connectivity index (χ0n) is 20.9. The second kappa shape index (κ2) is 11.8. The molecule has 1 saturated heterocycles. The first-order valence-electron chi connectivity index (χ1n) is 12.4. The van der Waals surface area contributed by atoms with Gasteiger partial charge in [0, 0.05) is 19.1 Å². The van der Waals surface area contributed by atoms with Gasteiger partial charge < -0.3 is 20.9 Å². The molecule has 1 fully saturated rings. The van der Waals surface area contributed by atoms with Gasteiger partial charge >= 0.3 is 5.69 Å². The molecule has 36 heavy (non-hydrogen) atoms. The number of likely N-dealkylation sites (tertiary alicyclic amines) is 1. The number of nitrogens with zero attached hydrogens (tertiary/aromatic N) is 2. The largest absolute Gasteiger partial charge is 0.343 e. The predicted octanol–water partition coefficient (Wildman–Crippen LogP) is 3.16. The number of hydrogen-bond donors (Lipinski definition) is 3. The minimum absolute atomic E-state index is 0. The lowest BCUT2D eigenvalue weighted by Gasteiger charge is -2.35. The van der Waals surface area contributed by atoms with Crippen LogP contribution in [-0.4, -0.2) is 50.9 Å². The van der Waals surface area contributed by atoms with Gasteiger partial charge in [-0.3, -0.25) is 14.2 Å². The first kappa shape index (κ1) is 27.5. The minimum atomic E-state index is -1.07. The Balaban J connectivity index is 0.00000361. The lowest BCUT2D eigenvalue weighted by atomic mass is 9.99. The molecule has 2 aromatic carbocycles. The number of H-pyrrole nitrogens is 1. The summed E-state index contributed by atoms with van der Waals surface area (Å²) in [5.74, 6) is -0.420. The Hall–Kier alpha value is -3.10. The molecule has 4 rings (SSSR count). The summed E-state index contributed by atoms with van der Waals surface area (Å²) >= 11 is 0. The van der Waals surface area contributed by atoms with Crippen LogP contribution in [0.3, 0.4) is 0 Å². The van der Waals surface area contributed by atoms with Crippen LogP contribution >= 0.6 is 12.4 Å². The van der Waals surface area contributed by atoms with Crippen LogP contribution in [-0.2, 0) is 16.0 Å². The van der Waals surface area contributed by atoms with E-state index in [1.807, 2.05) is 51.9 Å². The van der Waals surface area contributed by atoms with E-state index in [2.05, 4.69) is 22.4 Å². The number of halogens is 1. The standard InChI is InChI=1S/C27H35N5O3.ClH/c1-27(2,28)25(34)29-22(13-8-11-19-9-4-3-5-10-19)24(33)31-17-15-20(16-18-31)32-23-14-7-6-12-21(23)30-26(32)35;/h3-7,9-10,12,14,20,22H,8,11,13,15-18,28H2,1-2H3,(H,29,34)(H,30,35);1H. The number of hydrogen-bond acceptors (Lipinski definition) is 4. The fourth-order valence-electron chi connectivity index (χ4n) is 4.76. The maximum absolute atomic E-state index is 13.5. The molecular weight excluding hydrogens is 478 g/mol. The number of piperidine rings is 1. The van der Waals surface area contributed by atoms with Gasteiger partial charge in [-0.25, -0.2) is 4.79 Å². The van der Waals surface area contributed by atoms with Gasteiger partial charge in [-0.1, -0.05) is 42.5 Å². The molecule has 2 amide bonds. The molecule has 9 heteroatoms. The van der Waals surface area contributed by atoms with Gasteiger partial charge in [0.05, 0.1) is 16.6 Å². The van der Waals surface area contributed by atoms with Crippen molar-refractivity contribution in [3.05, 3.63) is 70.6 Å². The Bertz CT molecular complexity index is 1220. The Labute approximate surface area is 217 Å². The maximum atomic E-state index is 13.5. The molecule has 0 aliphatic carbocycles. The highest BCUT2D eigenvalue weighted by atomic mass is 35.5. The molecule has 1 aliphatic heterocycles. The highest BCUT2D eigenvalue weighted by Gasteiger charge is 2.33. The number of nitrogens with two attached hydrogens (primary N) is 1. The monoisotopic (exact) mass is 513 g/mol. The van der Waals surface area contributed by atoms with E-state index >= 15 is 0 Å². The average molecular weight is 514 g/mol. The van der Waals surface area contributed by atoms with Crippen LogP contribution in [0, 0.1) is 0 Å². The van der Waals surface area contributed by atoms with Crippen molar-refractivity contribution in [1.82, 2.24) is 19.8 Å². The number of aryl methyl sites for hydroxylation is 1. The summed E-state index contributed by atoms with van der Waals surface area (Å²) in [4.78, 5) is 43.4. The summed E-state index contributed by atoms with van der Waals surface area (Å²) in [6.45, 7) is 4.34. The highest BCUT2D eigenvalue weighted by molar-refractivity contribution is 5.91. The number of fused-ring (bicyclic) bond motifs is 1. The van der Waals surface area contributed by atoms with Crippen molar-refractivity contribution in [2.75, 3.05) is 13.1 Å². The van der Waals surface area contributed by atoms with Crippen LogP contribution < -0.4 is 16.7 Å². The lowest BCUT2D eigenvalue weighted by molar-refractivity contribution is -0.138. The second-order valence-electron chi connectivity index (χ2n) is 10.00. The zero-order valence-corrected chi connectivity index (χ0v) is 21.7. The summed E-state index contributed by atoms with van der Waals surface area (Å²) < 4.78 is 1.81. The van der Waals surface area contributed by atoms with Crippen molar-refractivity contribution < 1.29 is 9.59 Å². The first-order chi connectivity index (χ1) is 16.7. The van der Waals surface area contributed by atoms with Crippen molar-refractivity contribution in [3.63, 3.8) is 0 Å². The number of carbonyl (C=O) groups excluding carboxylic acids is 2. The summed E-state index contributed by atoms with van der Waals surface area (Å²) in [5.41, 5.74) is 7.71. The Morgan fingerprint density at radius 1 is 1.08 bits per heavy atom. The molecule has 0 bridgehead atoms. The van der Waals surface area contributed by atoms with Gasteiger partial charge in [-0.15, -0.1) is 12.4 Å². The van der Waals surface area contributed by atoms with Crippen molar-refractivity contribution in [2.45, 2.75) is 63.6 Å². The fourth-order valence-corrected chi connectivity index (χ4v) is 4.76. The van der Waals surface area contributed by atoms with Crippen molar-refractivity contribution in [2.24, 2.45) is 5.73 Å². The summed E-state index contributed by atoms with van der Waals surface area (Å²) in [7, 11) is 0. The van der Waals surface area contributed by atoms with E-state index in [9.17, 15) is 14.4 Å². The number of aromatic amines is 1. The third-order valence-corrected chi connectivity index (χ3v) is 6.76. The number of amides is 2. The molecule has 0 radical (unpaired) electrons. The molecule has 1 aromatic heterocycles. The van der Waals surface area contributed by atoms with Crippen molar-refractivity contribution >= 4 is 35.3 Å². The molecule has 1 unspecified atom stereocenters. The number of imidazole rings is 1. The molecule has 0 spiro atoms. The van der Waals surface area contributed by atoms with Crippen LogP contribution in [0.15, 0.2) is 59.4 Å². The van der Waals surface area contributed by atoms with Crippen LogP contribution in [0.1, 0.15) is 51.1 Å². The number of rotatable bonds is 8. The summed E-state index contributed by atoms with van der Waals surface area (Å²) in [6.07, 6.45) is 3.50. The van der Waals surface area contributed by atoms with E-state index < -0.39 is 11.6 Å². The Kier molecular flexibility index (Phi) is 8.98. The smallest absolute Gasteiger partial charge is 0.326 e. The first-order valence-corrected chi connectivity index (χ1v) is 12.4. The molecule has 1 atom stereocenters. The summed E-state index contributed by atoms with van der Waals surface area (Å²) in [5, 5.41) is 2.90. The molecule has 2 heterocycles. The van der Waals surface area contributed by atoms with Gasteiger partial charge in [0.15, 0.2) is 0 Å². The number of carbonyl (C=O) groups is 2. The number of nitrogens with one attached hydrogen (secondary N) is 2. The molecule has 8 nitrogen and oxygen atoms in total. The summed E-state index contributed by atoms with van der Waals surface area (Å²) in [6, 6.07) is 17.2. The number of aromatic nitrogens is 2. The predicted molar refractivity (Wildman–Crippen MR) is 144 cm³/mol. The van der Waals surface area contributed by atoms with Gasteiger partial charge in [0.25, 0.3) is 0 Å². The van der Waals surface area contributed by atoms with Gasteiger partial charge in [-0.05, 0) is 63.6 Å². The van der Waals surface area contributed by atoms with Crippen LogP contribution in [0.25, 0.3) is 11.0 Å². The second-order valence-corrected chi connectivity index (χ2v) is 10.00. The molecule has 0 saturated carbocycles. The van der Waals surface area contributed by atoms with Gasteiger partial charge in [-0.2, -0.15) is 0 Å². The topological polar surface area (TPSA) is 113 Å². The molecule has 4 N–H and O–H groups in total. The normalized spacial score (nSPS) is 15.4. The van der Waals surface area contributed by atoms with Crippen LogP contribution in [0.2, 0.25) is 0 Å². The Morgan fingerprint density at radius 2 is 1.72 bits per heavy atom. The molecule has 3 aromatic rings. The van der Waals surface area contributed by atoms with Gasteiger partial charge in [0.2, 0.25) is 11.8 Å². The van der Waals surface area contributed by atoms with E-state index in [1.54, 1.807) is 13.8 Å². The van der Waals surface area contributed by atoms with E-state index in [-0.39, 0.29) is 36.0 Å². The average Bonchev–Trinajstić information content (AvgIpc) is 3.18. The van der Waals surface area contributed by atoms with Crippen LogP contribution in [0.4, 0.5) is 0 Å². The minimum Gasteiger partial charge on any atom is -0.343 e. The van der Waals surface area contributed by atoms with E-state index in [1.165, 1.54) is 5.56 Å². The van der Waals surface area contributed by atoms with E-state index in [4.69, 9.17) is 5.73 Å². The van der Waals surface area contributed by atoms with Crippen molar-refractivity contribution in [1.29, 1.82) is 0 Å². The quantitative estimate of drug-likeness (QED) is 0.429. The zero-order chi connectivity index (χ0) is 25.0. The van der Waals surface area contributed by atoms with Crippen LogP contribution in [0.5, 0.6) is 0 Å². The Morgan fingerprint density at radius 3 is 2.39 bits per heavy atom. The molecule has 1 aliphatic rings. The highest BCUT2D eigenvalue weighted by Crippen LogP contribution is 2.25. The maximum Gasteiger partial charge on any atom is 0.326 e. The van der Waals surface area contributed by atoms with E-state index in [0.717, 1.165) is 23.9 Å². The molecule has 194 valence electrons. The fraction of sp³-hybridized carbons (Fsp3) is 0.444. The third kappa shape index (κ3) is 6.36. The van der Waals surface area contributed by atoms with Crippen molar-refractivity contribution in [3.8, 4) is 0 Å². The van der Waals surface area contributed by atoms with Gasteiger partial charge in [0.1, 0.15) is 6.04 Å². The lowest BCUT2D eigenvalue weighted by Crippen LogP contribution is -2.57. The number of para-hydroxylation sites is 2. The molecular formula is C27H36ClN5O3. The third-order valence-electron chi connectivity index (χ3n) is 6.76. The number of benzene rings is 2. The van der Waals surface area contributed by atoms with E-state index in [0.29, 0.717) is 32.4 Å². The SMILES string of the molecule is CC(C)(N)C(=O)NC(CCCc1ccccc1)C(=O)N1CCC(n2c(=O)[nH]c3ccccc32)CC1.Cl.